The Labute approximate surface area is 82.3 Å². The van der Waals surface area contributed by atoms with Gasteiger partial charge in [-0.3, -0.25) is 0 Å². The Balaban J connectivity index is -0.0000000406. The average molecular weight is 203 g/mol. The maximum atomic E-state index is 7.50. The van der Waals surface area contributed by atoms with Gasteiger partial charge in [-0.1, -0.05) is 0 Å². The van der Waals surface area contributed by atoms with E-state index in [2.05, 4.69) is 13.3 Å². The third-order valence-corrected chi connectivity index (χ3v) is 0.556. The zero-order valence-corrected chi connectivity index (χ0v) is 7.11. The molecule has 0 spiro atoms. The van der Waals surface area contributed by atoms with Crippen LogP contribution in [0.25, 0.3) is 0 Å². The number of nitrogens with zero attached hydrogens (tertiary/aromatic N) is 1. The quantitative estimate of drug-likeness (QED) is 0.357. The van der Waals surface area contributed by atoms with E-state index in [1.54, 1.807) is 0 Å². The molecule has 0 aliphatic rings. The zero-order valence-electron chi connectivity index (χ0n) is 6.00. The molecule has 64 valence electrons. The largest absolute Gasteiger partial charge is 0.214 e. The molecule has 0 bridgehead atoms. The topological polar surface area (TPSA) is 63.6 Å². The molecule has 0 N–H and O–H groups in total. The molecular weight excluding hydrogens is 198 g/mol. The summed E-state index contributed by atoms with van der Waals surface area (Å²) in [5, 5.41) is 6.25. The Bertz CT molecular complexity index is 145. The second-order valence-electron chi connectivity index (χ2n) is 0.962. The first-order valence-corrected chi connectivity index (χ1v) is 2.30. The number of rotatable bonds is 0. The van der Waals surface area contributed by atoms with Gasteiger partial charge in [0.1, 0.15) is 0 Å². The summed E-state index contributed by atoms with van der Waals surface area (Å²) >= 11 is 0. The summed E-state index contributed by atoms with van der Waals surface area (Å²) in [7, 11) is 0. The van der Waals surface area contributed by atoms with Crippen molar-refractivity contribution >= 4 is 0 Å². The van der Waals surface area contributed by atoms with Crippen molar-refractivity contribution in [3.63, 3.8) is 0 Å². The molecule has 12 heavy (non-hydrogen) atoms. The van der Waals surface area contributed by atoms with Crippen molar-refractivity contribution < 1.29 is 26.4 Å². The molecule has 0 heterocycles. The maximum absolute atomic E-state index is 7.50. The van der Waals surface area contributed by atoms with Gasteiger partial charge in [0.05, 0.1) is 0 Å². The van der Waals surface area contributed by atoms with Crippen LogP contribution in [0.2, 0.25) is 0 Å². The fraction of sp³-hybridized carbons (Fsp3) is 0. The summed E-state index contributed by atoms with van der Waals surface area (Å²) in [6, 6.07) is 10.0. The predicted octanol–water partition coefficient (Wildman–Crippen LogP) is 1.42. The van der Waals surface area contributed by atoms with E-state index in [9.17, 15) is 0 Å². The van der Waals surface area contributed by atoms with Crippen molar-refractivity contribution in [2.45, 2.75) is 0 Å². The molecule has 0 aliphatic heterocycles. The second kappa shape index (κ2) is 52.2. The van der Waals surface area contributed by atoms with Crippen molar-refractivity contribution in [1.29, 1.82) is 5.26 Å². The summed E-state index contributed by atoms with van der Waals surface area (Å²) in [4.78, 5) is 0. The van der Waals surface area contributed by atoms with Crippen LogP contribution in [0.15, 0.2) is 30.3 Å². The molecule has 0 atom stereocenters. The third-order valence-electron chi connectivity index (χ3n) is 0.556. The van der Waals surface area contributed by atoms with E-state index in [1.165, 1.54) is 0 Å². The Morgan fingerprint density at radius 2 is 1.17 bits per heavy atom. The summed E-state index contributed by atoms with van der Waals surface area (Å²) in [6.45, 7) is 13.8. The molecular formula is C8H5FeNO2-2. The van der Waals surface area contributed by atoms with Gasteiger partial charge in [0, 0.05) is 17.1 Å². The van der Waals surface area contributed by atoms with Gasteiger partial charge in [0.15, 0.2) is 0 Å². The fourth-order valence-corrected chi connectivity index (χ4v) is 0.321. The molecule has 1 aromatic rings. The predicted molar refractivity (Wildman–Crippen MR) is 34.9 cm³/mol. The van der Waals surface area contributed by atoms with Crippen LogP contribution in [-0.2, 0) is 26.4 Å². The minimum absolute atomic E-state index is 0. The molecule has 4 heteroatoms. The van der Waals surface area contributed by atoms with Crippen molar-refractivity contribution in [1.82, 2.24) is 0 Å². The molecule has 1 rings (SSSR count). The first-order valence-electron chi connectivity index (χ1n) is 2.30. The van der Waals surface area contributed by atoms with Crippen LogP contribution in [0.1, 0.15) is 0 Å². The molecule has 1 aromatic carbocycles. The Kier molecular flexibility index (Phi) is 97.5. The molecule has 0 saturated carbocycles. The molecule has 0 aliphatic carbocycles. The maximum Gasteiger partial charge on any atom is 0 e. The molecule has 0 unspecified atom stereocenters. The monoisotopic (exact) mass is 203 g/mol. The van der Waals surface area contributed by atoms with Crippen LogP contribution in [0.4, 0.5) is 0 Å². The van der Waals surface area contributed by atoms with Gasteiger partial charge in [-0.05, 0) is 0 Å². The molecule has 0 aromatic heterocycles. The average Bonchev–Trinajstić information content (AvgIpc) is 2.71. The summed E-state index contributed by atoms with van der Waals surface area (Å²) in [6.07, 6.45) is 0. The minimum atomic E-state index is 0. The minimum Gasteiger partial charge on any atom is -0.214 e. The van der Waals surface area contributed by atoms with Gasteiger partial charge < -0.3 is 11.8 Å². The summed E-state index contributed by atoms with van der Waals surface area (Å²) < 4.78 is 15.0. The van der Waals surface area contributed by atoms with E-state index in [0.29, 0.717) is 0 Å². The number of hydrogen-bond acceptors (Lipinski definition) is 1. The van der Waals surface area contributed by atoms with Crippen LogP contribution in [-0.4, -0.2) is 0 Å². The van der Waals surface area contributed by atoms with Gasteiger partial charge in [0.2, 0.25) is 0 Å². The van der Waals surface area contributed by atoms with Crippen LogP contribution < -0.4 is 0 Å². The smallest absolute Gasteiger partial charge is 0 e. The molecule has 3 nitrogen and oxygen atoms in total. The van der Waals surface area contributed by atoms with Crippen LogP contribution in [0, 0.1) is 25.1 Å². The first kappa shape index (κ1) is 22.4. The van der Waals surface area contributed by atoms with Crippen molar-refractivity contribution in [3.05, 3.63) is 50.2 Å². The van der Waals surface area contributed by atoms with Gasteiger partial charge in [-0.2, -0.15) is 18.2 Å². The first-order chi connectivity index (χ1) is 5.50. The SMILES string of the molecule is [C-]#N.[C-]#[O+].[C-]#[O+].[Fe].c1cc[cH-]c1. The number of hydrogen-bond donors (Lipinski definition) is 0. The van der Waals surface area contributed by atoms with Crippen molar-refractivity contribution in [3.8, 4) is 0 Å². The second-order valence-corrected chi connectivity index (χ2v) is 0.962. The van der Waals surface area contributed by atoms with E-state index in [-0.39, 0.29) is 17.1 Å². The molecule has 0 saturated heterocycles. The van der Waals surface area contributed by atoms with Gasteiger partial charge >= 0.3 is 22.6 Å². The third kappa shape index (κ3) is 36.9. The van der Waals surface area contributed by atoms with Crippen LogP contribution >= 0.6 is 0 Å². The Morgan fingerprint density at radius 3 is 1.25 bits per heavy atom. The van der Waals surface area contributed by atoms with E-state index in [0.717, 1.165) is 0 Å². The van der Waals surface area contributed by atoms with E-state index < -0.39 is 0 Å². The molecule has 0 amide bonds. The van der Waals surface area contributed by atoms with Gasteiger partial charge in [0.25, 0.3) is 0 Å². The van der Waals surface area contributed by atoms with Crippen LogP contribution in [0.3, 0.4) is 0 Å². The zero-order chi connectivity index (χ0) is 9.54. The Hall–Kier alpha value is -1.16. The summed E-state index contributed by atoms with van der Waals surface area (Å²) in [5.74, 6) is 0. The van der Waals surface area contributed by atoms with Crippen molar-refractivity contribution in [2.75, 3.05) is 0 Å². The fourth-order valence-electron chi connectivity index (χ4n) is 0.321. The van der Waals surface area contributed by atoms with E-state index in [1.807, 2.05) is 30.3 Å². The normalized spacial score (nSPS) is 3.83. The molecule has 0 radical (unpaired) electrons. The van der Waals surface area contributed by atoms with Gasteiger partial charge in [-0.15, -0.1) is 0 Å². The standard InChI is InChI=1S/C5H5.CN.2CO.Fe/c1-2-4-5-3-1;3*1-2;/h1-5H;;;;/q2*-1;;;. The van der Waals surface area contributed by atoms with Gasteiger partial charge in [-0.25, -0.2) is 12.1 Å². The molecule has 0 fully saturated rings. The van der Waals surface area contributed by atoms with Crippen molar-refractivity contribution in [2.24, 2.45) is 0 Å². The Morgan fingerprint density at radius 1 is 0.917 bits per heavy atom. The van der Waals surface area contributed by atoms with E-state index >= 15 is 0 Å². The van der Waals surface area contributed by atoms with E-state index in [4.69, 9.17) is 21.1 Å². The van der Waals surface area contributed by atoms with Crippen LogP contribution in [0.5, 0.6) is 0 Å². The summed E-state index contributed by atoms with van der Waals surface area (Å²) in [5.41, 5.74) is 0.